The van der Waals surface area contributed by atoms with Crippen LogP contribution in [0.25, 0.3) is 0 Å². The fraction of sp³-hybridized carbons (Fsp3) is 0.750. The van der Waals surface area contributed by atoms with Gasteiger partial charge in [-0.1, -0.05) is 59.2 Å². The zero-order chi connectivity index (χ0) is 23.9. The van der Waals surface area contributed by atoms with Crippen molar-refractivity contribution in [2.45, 2.75) is 77.9 Å². The molecule has 1 heterocycles. The van der Waals surface area contributed by atoms with Crippen molar-refractivity contribution < 1.29 is 27.9 Å². The molecule has 1 aliphatic rings. The standard InChI is InChI=1S/C15H24O.C9H20O5Si/c1-10-8-11(14(2,3)4)13(16)12(9-10)15(5,6)7;1-10-15(11-2,12-3)6-4-5-13-7-9-8-14-9/h8-9,16H,1-7H3;9H,4-8H2,1-3H3. The Bertz CT molecular complexity index is 626. The SMILES string of the molecule is CO[Si](CCCOCC1CO1)(OC)OC.Cc1cc(C(C)(C)C)c(O)c(C(C)(C)C)c1. The van der Waals surface area contributed by atoms with Gasteiger partial charge in [0.1, 0.15) is 11.9 Å². The number of ether oxygens (including phenoxy) is 2. The van der Waals surface area contributed by atoms with Gasteiger partial charge < -0.3 is 27.9 Å². The molecule has 180 valence electrons. The number of epoxide rings is 1. The Morgan fingerprint density at radius 1 is 0.968 bits per heavy atom. The van der Waals surface area contributed by atoms with Crippen LogP contribution in [0.15, 0.2) is 12.1 Å². The second kappa shape index (κ2) is 11.8. The van der Waals surface area contributed by atoms with E-state index in [0.717, 1.165) is 30.2 Å². The lowest BCUT2D eigenvalue weighted by Gasteiger charge is -2.27. The molecule has 0 spiro atoms. The largest absolute Gasteiger partial charge is 0.507 e. The third-order valence-corrected chi connectivity index (χ3v) is 8.11. The molecule has 1 fully saturated rings. The molecule has 0 bridgehead atoms. The first kappa shape index (κ1) is 28.1. The molecule has 2 rings (SSSR count). The van der Waals surface area contributed by atoms with Gasteiger partial charge in [-0.2, -0.15) is 0 Å². The van der Waals surface area contributed by atoms with E-state index in [1.165, 1.54) is 5.56 Å². The van der Waals surface area contributed by atoms with Crippen molar-refractivity contribution in [3.63, 3.8) is 0 Å². The van der Waals surface area contributed by atoms with Crippen molar-refractivity contribution in [3.05, 3.63) is 28.8 Å². The first-order chi connectivity index (χ1) is 14.3. The Morgan fingerprint density at radius 3 is 1.77 bits per heavy atom. The van der Waals surface area contributed by atoms with Crippen molar-refractivity contribution in [1.82, 2.24) is 0 Å². The van der Waals surface area contributed by atoms with Crippen molar-refractivity contribution >= 4 is 8.80 Å². The summed E-state index contributed by atoms with van der Waals surface area (Å²) >= 11 is 0. The average Bonchev–Trinajstić information content (AvgIpc) is 3.50. The number of benzene rings is 1. The van der Waals surface area contributed by atoms with Crippen LogP contribution in [0.5, 0.6) is 5.75 Å². The van der Waals surface area contributed by atoms with Gasteiger partial charge in [0.25, 0.3) is 0 Å². The Morgan fingerprint density at radius 2 is 1.42 bits per heavy atom. The Balaban J connectivity index is 0.000000311. The second-order valence-electron chi connectivity index (χ2n) is 10.1. The predicted octanol–water partition coefficient (Wildman–Crippen LogP) is 4.97. The van der Waals surface area contributed by atoms with E-state index in [0.29, 0.717) is 25.1 Å². The van der Waals surface area contributed by atoms with Gasteiger partial charge in [-0.3, -0.25) is 0 Å². The normalized spacial score (nSPS) is 16.6. The minimum atomic E-state index is -2.39. The molecule has 1 atom stereocenters. The van der Waals surface area contributed by atoms with Gasteiger partial charge in [0.15, 0.2) is 0 Å². The first-order valence-corrected chi connectivity index (χ1v) is 12.9. The lowest BCUT2D eigenvalue weighted by Crippen LogP contribution is -2.42. The van der Waals surface area contributed by atoms with Crippen LogP contribution in [0.4, 0.5) is 0 Å². The van der Waals surface area contributed by atoms with E-state index < -0.39 is 8.80 Å². The number of hydrogen-bond acceptors (Lipinski definition) is 6. The monoisotopic (exact) mass is 456 g/mol. The third-order valence-electron chi connectivity index (χ3n) is 5.28. The number of hydrogen-bond donors (Lipinski definition) is 1. The molecule has 1 N–H and O–H groups in total. The summed E-state index contributed by atoms with van der Waals surface area (Å²) in [5.41, 5.74) is 3.26. The smallest absolute Gasteiger partial charge is 0.500 e. The maximum Gasteiger partial charge on any atom is 0.500 e. The fourth-order valence-electron chi connectivity index (χ4n) is 3.25. The summed E-state index contributed by atoms with van der Waals surface area (Å²) in [4.78, 5) is 0. The molecule has 1 aromatic carbocycles. The summed E-state index contributed by atoms with van der Waals surface area (Å²) in [6, 6.07) is 4.96. The van der Waals surface area contributed by atoms with Crippen LogP contribution < -0.4 is 0 Å². The highest BCUT2D eigenvalue weighted by atomic mass is 28.4. The zero-order valence-corrected chi connectivity index (χ0v) is 22.3. The highest BCUT2D eigenvalue weighted by molar-refractivity contribution is 6.60. The van der Waals surface area contributed by atoms with Gasteiger partial charge in [0, 0.05) is 34.0 Å². The van der Waals surface area contributed by atoms with E-state index >= 15 is 0 Å². The Kier molecular flexibility index (Phi) is 10.7. The third kappa shape index (κ3) is 9.20. The predicted molar refractivity (Wildman–Crippen MR) is 127 cm³/mol. The van der Waals surface area contributed by atoms with Crippen molar-refractivity contribution in [2.24, 2.45) is 0 Å². The molecule has 1 aliphatic heterocycles. The maximum atomic E-state index is 10.4. The molecule has 7 heteroatoms. The lowest BCUT2D eigenvalue weighted by atomic mass is 9.78. The number of phenolic OH excluding ortho intramolecular Hbond substituents is 1. The summed E-state index contributed by atoms with van der Waals surface area (Å²) in [6.07, 6.45) is 1.22. The topological polar surface area (TPSA) is 69.7 Å². The number of aromatic hydroxyl groups is 1. The molecule has 0 amide bonds. The highest BCUT2D eigenvalue weighted by Crippen LogP contribution is 2.39. The highest BCUT2D eigenvalue weighted by Gasteiger charge is 2.37. The summed E-state index contributed by atoms with van der Waals surface area (Å²) in [5, 5.41) is 10.4. The van der Waals surface area contributed by atoms with Gasteiger partial charge >= 0.3 is 8.80 Å². The van der Waals surface area contributed by atoms with Crippen molar-refractivity contribution in [3.8, 4) is 5.75 Å². The summed E-state index contributed by atoms with van der Waals surface area (Å²) in [6.45, 7) is 17.1. The van der Waals surface area contributed by atoms with Crippen LogP contribution in [-0.2, 0) is 33.6 Å². The van der Waals surface area contributed by atoms with E-state index in [9.17, 15) is 5.11 Å². The van der Waals surface area contributed by atoms with Gasteiger partial charge in [0.2, 0.25) is 0 Å². The minimum absolute atomic E-state index is 0.0178. The molecule has 0 radical (unpaired) electrons. The molecule has 31 heavy (non-hydrogen) atoms. The van der Waals surface area contributed by atoms with Crippen LogP contribution in [0, 0.1) is 6.92 Å². The van der Waals surface area contributed by atoms with Gasteiger partial charge in [0.05, 0.1) is 13.2 Å². The van der Waals surface area contributed by atoms with Crippen LogP contribution in [0.3, 0.4) is 0 Å². The number of phenols is 1. The molecular weight excluding hydrogens is 412 g/mol. The van der Waals surface area contributed by atoms with E-state index in [-0.39, 0.29) is 10.8 Å². The molecule has 6 nitrogen and oxygen atoms in total. The van der Waals surface area contributed by atoms with Gasteiger partial charge in [-0.25, -0.2) is 0 Å². The molecule has 0 aliphatic carbocycles. The Labute approximate surface area is 190 Å². The molecule has 0 aromatic heterocycles. The number of rotatable bonds is 9. The maximum absolute atomic E-state index is 10.4. The van der Waals surface area contributed by atoms with E-state index in [1.54, 1.807) is 21.3 Å². The number of aryl methyl sites for hydroxylation is 1. The van der Waals surface area contributed by atoms with Crippen molar-refractivity contribution in [1.29, 1.82) is 0 Å². The minimum Gasteiger partial charge on any atom is -0.507 e. The van der Waals surface area contributed by atoms with Gasteiger partial charge in [-0.15, -0.1) is 0 Å². The van der Waals surface area contributed by atoms with Crippen molar-refractivity contribution in [2.75, 3.05) is 41.2 Å². The van der Waals surface area contributed by atoms with E-state index in [1.807, 2.05) is 0 Å². The quantitative estimate of drug-likeness (QED) is 0.322. The Hall–Kier alpha value is -0.963. The fourth-order valence-corrected chi connectivity index (χ4v) is 4.94. The van der Waals surface area contributed by atoms with Crippen LogP contribution in [0.1, 0.15) is 64.7 Å². The molecule has 1 unspecified atom stereocenters. The second-order valence-corrected chi connectivity index (χ2v) is 13.2. The molecule has 1 saturated heterocycles. The summed E-state index contributed by atoms with van der Waals surface area (Å²) in [7, 11) is 2.48. The van der Waals surface area contributed by atoms with Gasteiger partial charge in [-0.05, 0) is 35.3 Å². The van der Waals surface area contributed by atoms with Crippen LogP contribution >= 0.6 is 0 Å². The molecule has 1 aromatic rings. The van der Waals surface area contributed by atoms with E-state index in [2.05, 4.69) is 60.6 Å². The zero-order valence-electron chi connectivity index (χ0n) is 21.3. The molecule has 0 saturated carbocycles. The van der Waals surface area contributed by atoms with Crippen LogP contribution in [-0.4, -0.2) is 61.2 Å². The van der Waals surface area contributed by atoms with Crippen LogP contribution in [0.2, 0.25) is 6.04 Å². The average molecular weight is 457 g/mol. The summed E-state index contributed by atoms with van der Waals surface area (Å²) in [5.74, 6) is 0.464. The molecular formula is C24H44O6Si. The lowest BCUT2D eigenvalue weighted by molar-refractivity contribution is 0.100. The summed E-state index contributed by atoms with van der Waals surface area (Å²) < 4.78 is 26.3. The first-order valence-electron chi connectivity index (χ1n) is 11.0. The van der Waals surface area contributed by atoms with E-state index in [4.69, 9.17) is 22.8 Å².